The lowest BCUT2D eigenvalue weighted by molar-refractivity contribution is -0.142. The van der Waals surface area contributed by atoms with Crippen LogP contribution in [0.1, 0.15) is 44.7 Å². The fourth-order valence-electron chi connectivity index (χ4n) is 3.92. The highest BCUT2D eigenvalue weighted by Crippen LogP contribution is 2.25. The van der Waals surface area contributed by atoms with E-state index in [-0.39, 0.29) is 24.8 Å². The molecule has 0 bridgehead atoms. The average molecular weight is 542 g/mol. The van der Waals surface area contributed by atoms with Crippen LogP contribution in [-0.2, 0) is 22.6 Å². The van der Waals surface area contributed by atoms with E-state index >= 15 is 0 Å². The van der Waals surface area contributed by atoms with Gasteiger partial charge in [0.05, 0.1) is 16.7 Å². The maximum Gasteiger partial charge on any atom is 0.243 e. The monoisotopic (exact) mass is 540 g/mol. The number of rotatable bonds is 11. The summed E-state index contributed by atoms with van der Waals surface area (Å²) in [6.45, 7) is 6.40. The summed E-state index contributed by atoms with van der Waals surface area (Å²) >= 11 is 12.4. The minimum atomic E-state index is -0.710. The number of nitrogens with one attached hydrogen (secondary N) is 1. The topological polar surface area (TPSA) is 58.6 Å². The van der Waals surface area contributed by atoms with Crippen LogP contribution in [0.2, 0.25) is 10.0 Å². The quantitative estimate of drug-likeness (QED) is 0.275. The first-order valence-electron chi connectivity index (χ1n) is 12.4. The van der Waals surface area contributed by atoms with Gasteiger partial charge in [-0.05, 0) is 62.6 Å². The molecule has 0 spiro atoms. The van der Waals surface area contributed by atoms with Gasteiger partial charge >= 0.3 is 0 Å². The molecule has 0 radical (unpaired) electrons. The number of halogens is 2. The smallest absolute Gasteiger partial charge is 0.243 e. The number of carbonyl (C=O) groups excluding carboxylic acids is 2. The van der Waals surface area contributed by atoms with Crippen LogP contribution in [0.4, 0.5) is 0 Å². The Hall–Kier alpha value is -3.02. The molecule has 7 heteroatoms. The number of hydrogen-bond acceptors (Lipinski definition) is 3. The highest BCUT2D eigenvalue weighted by atomic mass is 35.5. The molecule has 0 aliphatic rings. The second-order valence-corrected chi connectivity index (χ2v) is 10.8. The Morgan fingerprint density at radius 2 is 1.54 bits per heavy atom. The lowest BCUT2D eigenvalue weighted by atomic mass is 10.00. The predicted molar refractivity (Wildman–Crippen MR) is 150 cm³/mol. The summed E-state index contributed by atoms with van der Waals surface area (Å²) in [5, 5.41) is 3.91. The summed E-state index contributed by atoms with van der Waals surface area (Å²) in [6, 6.07) is 23.8. The van der Waals surface area contributed by atoms with Crippen molar-refractivity contribution in [1.82, 2.24) is 10.2 Å². The fraction of sp³-hybridized carbons (Fsp3) is 0.333. The second-order valence-electron chi connectivity index (χ2n) is 9.98. The van der Waals surface area contributed by atoms with Crippen LogP contribution in [0.15, 0.2) is 78.9 Å². The molecule has 0 aliphatic carbocycles. The van der Waals surface area contributed by atoms with E-state index in [2.05, 4.69) is 5.32 Å². The Kier molecular flexibility index (Phi) is 10.4. The van der Waals surface area contributed by atoms with E-state index in [4.69, 9.17) is 27.9 Å². The van der Waals surface area contributed by atoms with Crippen LogP contribution in [0.3, 0.4) is 0 Å². The van der Waals surface area contributed by atoms with Gasteiger partial charge in [-0.25, -0.2) is 0 Å². The minimum Gasteiger partial charge on any atom is -0.494 e. The summed E-state index contributed by atoms with van der Waals surface area (Å²) in [6.07, 6.45) is 1.14. The zero-order valence-electron chi connectivity index (χ0n) is 21.5. The van der Waals surface area contributed by atoms with Crippen molar-refractivity contribution in [3.63, 3.8) is 0 Å². The molecule has 196 valence electrons. The van der Waals surface area contributed by atoms with Gasteiger partial charge in [0, 0.05) is 24.9 Å². The van der Waals surface area contributed by atoms with Crippen LogP contribution < -0.4 is 10.1 Å². The molecule has 0 saturated heterocycles. The number of amides is 2. The zero-order chi connectivity index (χ0) is 26.8. The van der Waals surface area contributed by atoms with Gasteiger partial charge in [0.1, 0.15) is 11.8 Å². The van der Waals surface area contributed by atoms with E-state index in [1.807, 2.05) is 87.5 Å². The van der Waals surface area contributed by atoms with Crippen molar-refractivity contribution >= 4 is 35.0 Å². The molecule has 0 heterocycles. The molecule has 2 amide bonds. The van der Waals surface area contributed by atoms with Gasteiger partial charge in [-0.1, -0.05) is 77.8 Å². The Morgan fingerprint density at radius 3 is 2.16 bits per heavy atom. The van der Waals surface area contributed by atoms with E-state index in [1.165, 1.54) is 0 Å². The summed E-state index contributed by atoms with van der Waals surface area (Å²) in [5.74, 6) is 0.423. The van der Waals surface area contributed by atoms with E-state index in [9.17, 15) is 9.59 Å². The van der Waals surface area contributed by atoms with Crippen LogP contribution >= 0.6 is 23.2 Å². The number of carbonyl (C=O) groups is 2. The third-order valence-corrected chi connectivity index (χ3v) is 6.39. The fourth-order valence-corrected chi connectivity index (χ4v) is 4.24. The molecule has 1 atom stereocenters. The van der Waals surface area contributed by atoms with Crippen molar-refractivity contribution in [3.05, 3.63) is 100 Å². The SMILES string of the molecule is CC(C)(C)NC(=O)[C@H](Cc1ccccc1)N(Cc1ccc(Cl)c(Cl)c1)C(=O)CCCOc1ccccc1. The molecular formula is C30H34Cl2N2O3. The molecule has 0 fully saturated rings. The zero-order valence-corrected chi connectivity index (χ0v) is 23.1. The molecular weight excluding hydrogens is 507 g/mol. The van der Waals surface area contributed by atoms with Gasteiger partial charge in [0.25, 0.3) is 0 Å². The molecule has 0 aliphatic heterocycles. The number of benzene rings is 3. The van der Waals surface area contributed by atoms with Crippen LogP contribution in [0.25, 0.3) is 0 Å². The Morgan fingerprint density at radius 1 is 0.892 bits per heavy atom. The van der Waals surface area contributed by atoms with E-state index in [0.29, 0.717) is 29.5 Å². The number of ether oxygens (including phenoxy) is 1. The first-order valence-corrected chi connectivity index (χ1v) is 13.1. The summed E-state index contributed by atoms with van der Waals surface area (Å²) in [7, 11) is 0. The van der Waals surface area contributed by atoms with Crippen LogP contribution in [0.5, 0.6) is 5.75 Å². The van der Waals surface area contributed by atoms with Crippen molar-refractivity contribution in [2.75, 3.05) is 6.61 Å². The van der Waals surface area contributed by atoms with Crippen molar-refractivity contribution in [3.8, 4) is 5.75 Å². The Labute approximate surface area is 229 Å². The maximum atomic E-state index is 13.6. The maximum absolute atomic E-state index is 13.6. The van der Waals surface area contributed by atoms with E-state index in [1.54, 1.807) is 17.0 Å². The first kappa shape index (κ1) is 28.5. The highest BCUT2D eigenvalue weighted by molar-refractivity contribution is 6.42. The molecule has 3 rings (SSSR count). The number of para-hydroxylation sites is 1. The van der Waals surface area contributed by atoms with Gasteiger partial charge in [-0.2, -0.15) is 0 Å². The molecule has 3 aromatic carbocycles. The van der Waals surface area contributed by atoms with Crippen LogP contribution in [0, 0.1) is 0 Å². The third-order valence-electron chi connectivity index (χ3n) is 5.65. The van der Waals surface area contributed by atoms with E-state index < -0.39 is 11.6 Å². The normalized spacial score (nSPS) is 12.0. The van der Waals surface area contributed by atoms with Crippen molar-refractivity contribution in [2.24, 2.45) is 0 Å². The van der Waals surface area contributed by atoms with Crippen molar-refractivity contribution < 1.29 is 14.3 Å². The Bertz CT molecular complexity index is 1160. The second kappa shape index (κ2) is 13.5. The minimum absolute atomic E-state index is 0.132. The molecule has 1 N–H and O–H groups in total. The van der Waals surface area contributed by atoms with Crippen molar-refractivity contribution in [2.45, 2.75) is 58.2 Å². The first-order chi connectivity index (χ1) is 17.6. The predicted octanol–water partition coefficient (Wildman–Crippen LogP) is 6.71. The molecule has 3 aromatic rings. The summed E-state index contributed by atoms with van der Waals surface area (Å²) in [4.78, 5) is 28.9. The van der Waals surface area contributed by atoms with Gasteiger partial charge in [0.2, 0.25) is 11.8 Å². The largest absolute Gasteiger partial charge is 0.494 e. The lowest BCUT2D eigenvalue weighted by Crippen LogP contribution is -2.54. The highest BCUT2D eigenvalue weighted by Gasteiger charge is 2.32. The standard InChI is InChI=1S/C30H34Cl2N2O3/c1-30(2,3)33-29(36)27(20-22-11-6-4-7-12-22)34(21-23-16-17-25(31)26(32)19-23)28(35)15-10-18-37-24-13-8-5-9-14-24/h4-9,11-14,16-17,19,27H,10,15,18,20-21H2,1-3H3,(H,33,36)/t27-/m0/s1. The molecule has 0 aromatic heterocycles. The van der Waals surface area contributed by atoms with Crippen molar-refractivity contribution in [1.29, 1.82) is 0 Å². The lowest BCUT2D eigenvalue weighted by Gasteiger charge is -2.34. The number of nitrogens with zero attached hydrogens (tertiary/aromatic N) is 1. The summed E-state index contributed by atoms with van der Waals surface area (Å²) in [5.41, 5.74) is 1.31. The van der Waals surface area contributed by atoms with E-state index in [0.717, 1.165) is 16.9 Å². The Balaban J connectivity index is 1.84. The summed E-state index contributed by atoms with van der Waals surface area (Å²) < 4.78 is 5.77. The average Bonchev–Trinajstić information content (AvgIpc) is 2.86. The van der Waals surface area contributed by atoms with Crippen LogP contribution in [-0.4, -0.2) is 34.9 Å². The van der Waals surface area contributed by atoms with Gasteiger partial charge < -0.3 is 15.0 Å². The van der Waals surface area contributed by atoms with Gasteiger partial charge in [-0.3, -0.25) is 9.59 Å². The molecule has 0 saturated carbocycles. The van der Waals surface area contributed by atoms with Gasteiger partial charge in [0.15, 0.2) is 0 Å². The molecule has 5 nitrogen and oxygen atoms in total. The molecule has 37 heavy (non-hydrogen) atoms. The third kappa shape index (κ3) is 9.42. The van der Waals surface area contributed by atoms with Gasteiger partial charge in [-0.15, -0.1) is 0 Å². The number of hydrogen-bond donors (Lipinski definition) is 1. The molecule has 0 unspecified atom stereocenters.